The Labute approximate surface area is 230 Å². The minimum absolute atomic E-state index is 0.0783. The van der Waals surface area contributed by atoms with Crippen LogP contribution in [0.5, 0.6) is 0 Å². The van der Waals surface area contributed by atoms with Gasteiger partial charge in [0.05, 0.1) is 22.9 Å². The fourth-order valence-corrected chi connectivity index (χ4v) is 5.39. The summed E-state index contributed by atoms with van der Waals surface area (Å²) in [6.45, 7) is 0. The molecule has 6 nitrogen and oxygen atoms in total. The second-order valence-electron chi connectivity index (χ2n) is 10.2. The Hall–Kier alpha value is -4.42. The molecule has 0 spiro atoms. The summed E-state index contributed by atoms with van der Waals surface area (Å²) >= 11 is 6.30. The molecule has 3 aromatic heterocycles. The number of aromatic nitrogens is 4. The highest BCUT2D eigenvalue weighted by Gasteiger charge is 2.29. The number of aromatic amines is 2. The lowest BCUT2D eigenvalue weighted by atomic mass is 10.0. The number of allylic oxidation sites excluding steroid dienone is 2. The molecular weight excluding hydrogens is 506 g/mol. The first-order valence-electron chi connectivity index (χ1n) is 13.2. The van der Waals surface area contributed by atoms with Crippen LogP contribution in [-0.4, -0.2) is 26.1 Å². The van der Waals surface area contributed by atoms with Crippen molar-refractivity contribution in [2.45, 2.75) is 25.7 Å². The van der Waals surface area contributed by atoms with Crippen LogP contribution in [0.15, 0.2) is 73.1 Å². The van der Waals surface area contributed by atoms with Gasteiger partial charge in [-0.3, -0.25) is 14.9 Å². The van der Waals surface area contributed by atoms with Crippen LogP contribution in [0.3, 0.4) is 0 Å². The maximum absolute atomic E-state index is 12.3. The molecule has 1 fully saturated rings. The lowest BCUT2D eigenvalue weighted by Gasteiger charge is -2.08. The van der Waals surface area contributed by atoms with E-state index in [9.17, 15) is 4.79 Å². The first-order valence-corrected chi connectivity index (χ1v) is 13.6. The molecule has 39 heavy (non-hydrogen) atoms. The number of nitrogens with zero attached hydrogens (tertiary/aromatic N) is 2. The summed E-state index contributed by atoms with van der Waals surface area (Å²) in [6.07, 6.45) is 13.9. The first-order chi connectivity index (χ1) is 19.1. The lowest BCUT2D eigenvalue weighted by Crippen LogP contribution is -2.24. The minimum Gasteiger partial charge on any atom is -0.353 e. The van der Waals surface area contributed by atoms with Gasteiger partial charge in [-0.2, -0.15) is 5.10 Å². The number of H-pyrrole nitrogens is 2. The Balaban J connectivity index is 1.31. The Morgan fingerprint density at radius 2 is 1.85 bits per heavy atom. The normalized spacial score (nSPS) is 18.0. The van der Waals surface area contributed by atoms with Gasteiger partial charge in [0, 0.05) is 38.8 Å². The zero-order chi connectivity index (χ0) is 26.3. The van der Waals surface area contributed by atoms with Crippen molar-refractivity contribution in [3.05, 3.63) is 94.2 Å². The standard InChI is InChI=1S/C32H26ClN5O/c33-23-7-3-6-21(13-23)25-8-4-10-28-26(25)16-30(36-28)31-27-15-20(5-1-2-9-29(27)37-38-31)22-14-24(18-34-17-22)35-32(39)19-11-12-19/h3-10,13-19,36-37H,1-2,11-12H2,(H,35,39)/b20-5+,27-15+,29-9-. The average Bonchev–Trinajstić information content (AvgIpc) is 3.59. The van der Waals surface area contributed by atoms with E-state index >= 15 is 0 Å². The number of rotatable bonds is 5. The van der Waals surface area contributed by atoms with Crippen LogP contribution in [0.25, 0.3) is 51.1 Å². The monoisotopic (exact) mass is 531 g/mol. The summed E-state index contributed by atoms with van der Waals surface area (Å²) in [5.41, 5.74) is 7.75. The molecule has 1 amide bonds. The highest BCUT2D eigenvalue weighted by molar-refractivity contribution is 6.30. The molecule has 3 N–H and O–H groups in total. The van der Waals surface area contributed by atoms with Crippen molar-refractivity contribution in [1.82, 2.24) is 20.2 Å². The number of pyridine rings is 1. The van der Waals surface area contributed by atoms with Crippen LogP contribution >= 0.6 is 11.6 Å². The third-order valence-corrected chi connectivity index (χ3v) is 7.59. The second kappa shape index (κ2) is 9.71. The largest absolute Gasteiger partial charge is 0.353 e. The SMILES string of the molecule is O=C(Nc1cncc(C2=C\CC\C=c3/[nH]nc(-c4cc5c(-c6cccc(Cl)c6)cccc5[nH]4)/c3=C/2)c1)C1CC1. The number of anilines is 1. The summed E-state index contributed by atoms with van der Waals surface area (Å²) < 4.78 is 0. The van der Waals surface area contributed by atoms with Gasteiger partial charge in [-0.05, 0) is 78.8 Å². The molecule has 0 radical (unpaired) electrons. The van der Waals surface area contributed by atoms with Crippen LogP contribution in [0.1, 0.15) is 31.2 Å². The van der Waals surface area contributed by atoms with Crippen molar-refractivity contribution in [2.24, 2.45) is 5.92 Å². The van der Waals surface area contributed by atoms with E-state index in [0.717, 1.165) is 86.5 Å². The van der Waals surface area contributed by atoms with Crippen molar-refractivity contribution in [3.63, 3.8) is 0 Å². The van der Waals surface area contributed by atoms with E-state index in [4.69, 9.17) is 16.7 Å². The third-order valence-electron chi connectivity index (χ3n) is 7.35. The Kier molecular flexibility index (Phi) is 5.90. The van der Waals surface area contributed by atoms with Crippen molar-refractivity contribution in [2.75, 3.05) is 5.32 Å². The minimum atomic E-state index is 0.0783. The Bertz CT molecular complexity index is 1890. The molecule has 192 valence electrons. The predicted molar refractivity (Wildman–Crippen MR) is 157 cm³/mol. The Morgan fingerprint density at radius 3 is 2.72 bits per heavy atom. The summed E-state index contributed by atoms with van der Waals surface area (Å²) in [7, 11) is 0. The lowest BCUT2D eigenvalue weighted by molar-refractivity contribution is -0.117. The number of carbonyl (C=O) groups is 1. The summed E-state index contributed by atoms with van der Waals surface area (Å²) in [5.74, 6) is 0.220. The van der Waals surface area contributed by atoms with Gasteiger partial charge in [-0.15, -0.1) is 0 Å². The summed E-state index contributed by atoms with van der Waals surface area (Å²) in [5, 5.41) is 14.8. The van der Waals surface area contributed by atoms with Crippen molar-refractivity contribution < 1.29 is 4.79 Å². The van der Waals surface area contributed by atoms with E-state index in [-0.39, 0.29) is 11.8 Å². The van der Waals surface area contributed by atoms with Crippen LogP contribution in [-0.2, 0) is 4.79 Å². The average molecular weight is 532 g/mol. The molecular formula is C32H26ClN5O. The number of amides is 1. The predicted octanol–water partition coefficient (Wildman–Crippen LogP) is 6.06. The van der Waals surface area contributed by atoms with E-state index < -0.39 is 0 Å². The number of hydrogen-bond acceptors (Lipinski definition) is 3. The van der Waals surface area contributed by atoms with E-state index in [2.05, 4.69) is 68.9 Å². The van der Waals surface area contributed by atoms with Gasteiger partial charge in [0.25, 0.3) is 0 Å². The number of benzene rings is 2. The van der Waals surface area contributed by atoms with Gasteiger partial charge in [0.1, 0.15) is 5.69 Å². The van der Waals surface area contributed by atoms with Gasteiger partial charge in [-0.25, -0.2) is 0 Å². The highest BCUT2D eigenvalue weighted by atomic mass is 35.5. The number of carbonyl (C=O) groups excluding carboxylic acids is 1. The maximum atomic E-state index is 12.3. The molecule has 2 aliphatic carbocycles. The van der Waals surface area contributed by atoms with Crippen molar-refractivity contribution in [1.29, 1.82) is 0 Å². The zero-order valence-corrected chi connectivity index (χ0v) is 21.9. The number of halogens is 1. The van der Waals surface area contributed by atoms with Crippen molar-refractivity contribution >= 4 is 51.8 Å². The number of hydrogen-bond donors (Lipinski definition) is 3. The zero-order valence-electron chi connectivity index (χ0n) is 21.2. The van der Waals surface area contributed by atoms with E-state index in [1.807, 2.05) is 30.5 Å². The molecule has 0 bridgehead atoms. The Morgan fingerprint density at radius 1 is 0.974 bits per heavy atom. The number of fused-ring (bicyclic) bond motifs is 2. The third kappa shape index (κ3) is 4.68. The fraction of sp³-hybridized carbons (Fsp3) is 0.156. The summed E-state index contributed by atoms with van der Waals surface area (Å²) in [6, 6.07) is 18.3. The summed E-state index contributed by atoms with van der Waals surface area (Å²) in [4.78, 5) is 20.3. The first kappa shape index (κ1) is 23.7. The molecule has 1 saturated carbocycles. The number of nitrogens with one attached hydrogen (secondary N) is 3. The van der Waals surface area contributed by atoms with Gasteiger partial charge >= 0.3 is 0 Å². The van der Waals surface area contributed by atoms with E-state index in [1.54, 1.807) is 6.20 Å². The molecule has 0 unspecified atom stereocenters. The van der Waals surface area contributed by atoms with Gasteiger partial charge in [-0.1, -0.05) is 48.0 Å². The molecule has 7 heteroatoms. The topological polar surface area (TPSA) is 86.5 Å². The molecule has 5 aromatic rings. The van der Waals surface area contributed by atoms with E-state index in [0.29, 0.717) is 5.02 Å². The molecule has 0 saturated heterocycles. The molecule has 0 atom stereocenters. The highest BCUT2D eigenvalue weighted by Crippen LogP contribution is 2.33. The smallest absolute Gasteiger partial charge is 0.227 e. The van der Waals surface area contributed by atoms with Gasteiger partial charge in [0.15, 0.2) is 0 Å². The van der Waals surface area contributed by atoms with Gasteiger partial charge < -0.3 is 10.3 Å². The van der Waals surface area contributed by atoms with Crippen LogP contribution in [0.2, 0.25) is 5.02 Å². The molecule has 7 rings (SSSR count). The van der Waals surface area contributed by atoms with Gasteiger partial charge in [0.2, 0.25) is 5.91 Å². The fourth-order valence-electron chi connectivity index (χ4n) is 5.20. The quantitative estimate of drug-likeness (QED) is 0.257. The van der Waals surface area contributed by atoms with E-state index in [1.165, 1.54) is 0 Å². The van der Waals surface area contributed by atoms with Crippen LogP contribution in [0, 0.1) is 5.92 Å². The molecule has 0 aliphatic heterocycles. The molecule has 2 aliphatic rings. The molecule has 3 heterocycles. The van der Waals surface area contributed by atoms with Crippen LogP contribution in [0.4, 0.5) is 5.69 Å². The van der Waals surface area contributed by atoms with Crippen molar-refractivity contribution in [3.8, 4) is 22.5 Å². The molecule has 2 aromatic carbocycles. The van der Waals surface area contributed by atoms with Crippen LogP contribution < -0.4 is 15.9 Å². The second-order valence-corrected chi connectivity index (χ2v) is 10.6. The maximum Gasteiger partial charge on any atom is 0.227 e.